The molecule has 102 valence electrons. The van der Waals surface area contributed by atoms with E-state index in [1.165, 1.54) is 0 Å². The van der Waals surface area contributed by atoms with Gasteiger partial charge >= 0.3 is 5.97 Å². The van der Waals surface area contributed by atoms with Gasteiger partial charge in [-0.2, -0.15) is 5.10 Å². The van der Waals surface area contributed by atoms with Crippen molar-refractivity contribution in [3.63, 3.8) is 0 Å². The van der Waals surface area contributed by atoms with Crippen LogP contribution in [0.3, 0.4) is 0 Å². The van der Waals surface area contributed by atoms with Gasteiger partial charge < -0.3 is 10.4 Å². The molecule has 1 atom stereocenters. The van der Waals surface area contributed by atoms with Crippen LogP contribution in [0.5, 0.6) is 0 Å². The summed E-state index contributed by atoms with van der Waals surface area (Å²) < 4.78 is 1.92. The minimum absolute atomic E-state index is 0.563. The van der Waals surface area contributed by atoms with Crippen LogP contribution in [0.1, 0.15) is 19.8 Å². The largest absolute Gasteiger partial charge is 0.480 e. The number of fused-ring (bicyclic) bond motifs is 1. The van der Waals surface area contributed by atoms with Gasteiger partial charge in [-0.1, -0.05) is 18.2 Å². The monoisotopic (exact) mass is 261 g/mol. The number of carboxylic acid groups (broad SMARTS) is 1. The van der Waals surface area contributed by atoms with Gasteiger partial charge in [0.15, 0.2) is 0 Å². The number of carbonyl (C=O) groups is 1. The highest BCUT2D eigenvalue weighted by atomic mass is 16.4. The van der Waals surface area contributed by atoms with Crippen molar-refractivity contribution in [2.45, 2.75) is 31.8 Å². The van der Waals surface area contributed by atoms with Gasteiger partial charge in [0.1, 0.15) is 5.54 Å². The summed E-state index contributed by atoms with van der Waals surface area (Å²) in [5.74, 6) is -0.819. The third-order valence-electron chi connectivity index (χ3n) is 3.62. The van der Waals surface area contributed by atoms with Crippen LogP contribution >= 0.6 is 0 Å². The third kappa shape index (κ3) is 2.76. The fraction of sp³-hybridized carbons (Fsp3) is 0.429. The van der Waals surface area contributed by atoms with Crippen molar-refractivity contribution in [2.75, 3.05) is 7.05 Å². The lowest BCUT2D eigenvalue weighted by Crippen LogP contribution is -2.47. The van der Waals surface area contributed by atoms with Gasteiger partial charge in [-0.25, -0.2) is 0 Å². The van der Waals surface area contributed by atoms with Crippen LogP contribution in [0.4, 0.5) is 0 Å². The maximum atomic E-state index is 11.2. The summed E-state index contributed by atoms with van der Waals surface area (Å²) >= 11 is 0. The Balaban J connectivity index is 2.01. The van der Waals surface area contributed by atoms with Gasteiger partial charge in [-0.05, 0) is 32.9 Å². The number of rotatable bonds is 6. The fourth-order valence-electron chi connectivity index (χ4n) is 2.13. The fourth-order valence-corrected chi connectivity index (χ4v) is 2.13. The van der Waals surface area contributed by atoms with Gasteiger partial charge in [0.05, 0.1) is 11.7 Å². The summed E-state index contributed by atoms with van der Waals surface area (Å²) in [4.78, 5) is 11.2. The van der Waals surface area contributed by atoms with Crippen LogP contribution in [0, 0.1) is 0 Å². The molecule has 2 N–H and O–H groups in total. The summed E-state index contributed by atoms with van der Waals surface area (Å²) in [6, 6.07) is 8.01. The highest BCUT2D eigenvalue weighted by Crippen LogP contribution is 2.16. The Hall–Kier alpha value is -1.88. The van der Waals surface area contributed by atoms with Crippen molar-refractivity contribution < 1.29 is 9.90 Å². The molecule has 0 amide bonds. The van der Waals surface area contributed by atoms with Crippen LogP contribution in [-0.2, 0) is 11.3 Å². The predicted molar refractivity (Wildman–Crippen MR) is 74.1 cm³/mol. The Morgan fingerprint density at radius 2 is 2.21 bits per heavy atom. The predicted octanol–water partition coefficient (Wildman–Crippen LogP) is 1.88. The molecule has 0 fully saturated rings. The van der Waals surface area contributed by atoms with Crippen molar-refractivity contribution in [1.29, 1.82) is 0 Å². The van der Waals surface area contributed by atoms with E-state index in [2.05, 4.69) is 10.4 Å². The van der Waals surface area contributed by atoms with Gasteiger partial charge in [-0.3, -0.25) is 9.48 Å². The van der Waals surface area contributed by atoms with E-state index >= 15 is 0 Å². The molecule has 2 aromatic rings. The summed E-state index contributed by atoms with van der Waals surface area (Å²) in [6.07, 6.45) is 3.16. The lowest BCUT2D eigenvalue weighted by molar-refractivity contribution is -0.144. The molecule has 0 saturated heterocycles. The van der Waals surface area contributed by atoms with Crippen molar-refractivity contribution in [3.8, 4) is 0 Å². The third-order valence-corrected chi connectivity index (χ3v) is 3.62. The maximum Gasteiger partial charge on any atom is 0.323 e. The number of nitrogens with one attached hydrogen (secondary N) is 1. The highest BCUT2D eigenvalue weighted by molar-refractivity contribution is 5.78. The first-order valence-electron chi connectivity index (χ1n) is 6.40. The van der Waals surface area contributed by atoms with E-state index < -0.39 is 11.5 Å². The molecule has 0 aliphatic carbocycles. The molecular weight excluding hydrogens is 242 g/mol. The molecule has 5 heteroatoms. The Bertz CT molecular complexity index is 579. The Labute approximate surface area is 112 Å². The van der Waals surface area contributed by atoms with Crippen LogP contribution in [-0.4, -0.2) is 33.4 Å². The minimum Gasteiger partial charge on any atom is -0.480 e. The number of nitrogens with zero attached hydrogens (tertiary/aromatic N) is 2. The summed E-state index contributed by atoms with van der Waals surface area (Å²) in [7, 11) is 1.68. The first-order valence-corrected chi connectivity index (χ1v) is 6.40. The quantitative estimate of drug-likeness (QED) is 0.833. The number of likely N-dealkylation sites (N-methyl/N-ethyl adjacent to an activating group) is 1. The van der Waals surface area contributed by atoms with E-state index in [0.29, 0.717) is 6.42 Å². The molecule has 1 unspecified atom stereocenters. The summed E-state index contributed by atoms with van der Waals surface area (Å²) in [5.41, 5.74) is 0.215. The van der Waals surface area contributed by atoms with E-state index in [1.54, 1.807) is 14.0 Å². The van der Waals surface area contributed by atoms with Crippen molar-refractivity contribution in [2.24, 2.45) is 0 Å². The zero-order chi connectivity index (χ0) is 13.9. The first kappa shape index (κ1) is 13.5. The molecule has 0 radical (unpaired) electrons. The number of carboxylic acids is 1. The van der Waals surface area contributed by atoms with Crippen molar-refractivity contribution in [3.05, 3.63) is 30.5 Å². The topological polar surface area (TPSA) is 67.2 Å². The number of benzene rings is 1. The molecule has 0 spiro atoms. The molecule has 1 aromatic heterocycles. The van der Waals surface area contributed by atoms with Crippen LogP contribution in [0.15, 0.2) is 30.5 Å². The van der Waals surface area contributed by atoms with Crippen LogP contribution in [0.2, 0.25) is 0 Å². The van der Waals surface area contributed by atoms with Crippen molar-refractivity contribution >= 4 is 16.9 Å². The van der Waals surface area contributed by atoms with E-state index in [4.69, 9.17) is 0 Å². The van der Waals surface area contributed by atoms with Gasteiger partial charge in [-0.15, -0.1) is 0 Å². The molecular formula is C14H19N3O2. The van der Waals surface area contributed by atoms with E-state index in [9.17, 15) is 9.90 Å². The van der Waals surface area contributed by atoms with Crippen LogP contribution in [0.25, 0.3) is 10.9 Å². The molecule has 1 heterocycles. The Kier molecular flexibility index (Phi) is 3.85. The molecule has 1 aromatic carbocycles. The average Bonchev–Trinajstić information content (AvgIpc) is 2.82. The van der Waals surface area contributed by atoms with Crippen molar-refractivity contribution in [1.82, 2.24) is 15.1 Å². The smallest absolute Gasteiger partial charge is 0.323 e. The average molecular weight is 261 g/mol. The minimum atomic E-state index is -0.872. The van der Waals surface area contributed by atoms with Crippen LogP contribution < -0.4 is 5.32 Å². The zero-order valence-corrected chi connectivity index (χ0v) is 11.3. The maximum absolute atomic E-state index is 11.2. The SMILES string of the molecule is CNC(C)(CCCn1ncc2ccccc21)C(=O)O. The summed E-state index contributed by atoms with van der Waals surface area (Å²) in [6.45, 7) is 2.43. The number of hydrogen-bond donors (Lipinski definition) is 2. The van der Waals surface area contributed by atoms with E-state index in [0.717, 1.165) is 23.9 Å². The molecule has 19 heavy (non-hydrogen) atoms. The normalized spacial score (nSPS) is 14.4. The molecule has 0 aliphatic rings. The standard InChI is InChI=1S/C14H19N3O2/c1-14(15-2,13(18)19)8-5-9-17-12-7-4-3-6-11(12)10-16-17/h3-4,6-7,10,15H,5,8-9H2,1-2H3,(H,18,19). The lowest BCUT2D eigenvalue weighted by Gasteiger charge is -2.23. The number of aliphatic carboxylic acids is 1. The van der Waals surface area contributed by atoms with Gasteiger partial charge in [0.25, 0.3) is 0 Å². The number of para-hydroxylation sites is 1. The zero-order valence-electron chi connectivity index (χ0n) is 11.3. The molecule has 0 bridgehead atoms. The second kappa shape index (κ2) is 5.40. The second-order valence-electron chi connectivity index (χ2n) is 4.92. The number of aryl methyl sites for hydroxylation is 1. The van der Waals surface area contributed by atoms with Gasteiger partial charge in [0, 0.05) is 11.9 Å². The van der Waals surface area contributed by atoms with Gasteiger partial charge in [0.2, 0.25) is 0 Å². The molecule has 0 saturated carbocycles. The van der Waals surface area contributed by atoms with E-state index in [-0.39, 0.29) is 0 Å². The first-order chi connectivity index (χ1) is 9.07. The number of hydrogen-bond acceptors (Lipinski definition) is 3. The Morgan fingerprint density at radius 1 is 1.47 bits per heavy atom. The summed E-state index contributed by atoms with van der Waals surface area (Å²) in [5, 5.41) is 17.5. The molecule has 5 nitrogen and oxygen atoms in total. The lowest BCUT2D eigenvalue weighted by atomic mass is 9.96. The highest BCUT2D eigenvalue weighted by Gasteiger charge is 2.30. The number of aromatic nitrogens is 2. The second-order valence-corrected chi connectivity index (χ2v) is 4.92. The Morgan fingerprint density at radius 3 is 2.89 bits per heavy atom. The molecule has 2 rings (SSSR count). The molecule has 0 aliphatic heterocycles. The van der Waals surface area contributed by atoms with E-state index in [1.807, 2.05) is 35.1 Å².